The van der Waals surface area contributed by atoms with E-state index in [0.717, 1.165) is 0 Å². The van der Waals surface area contributed by atoms with E-state index in [1.807, 2.05) is 0 Å². The summed E-state index contributed by atoms with van der Waals surface area (Å²) in [5, 5.41) is 11.5. The second-order valence-corrected chi connectivity index (χ2v) is 4.54. The van der Waals surface area contributed by atoms with Crippen LogP contribution in [-0.4, -0.2) is 30.1 Å². The number of aromatic carboxylic acids is 1. The first-order valence-electron chi connectivity index (χ1n) is 5.33. The summed E-state index contributed by atoms with van der Waals surface area (Å²) >= 11 is 3.15. The lowest BCUT2D eigenvalue weighted by molar-refractivity contribution is -0.141. The normalized spacial score (nSPS) is 9.79. The van der Waals surface area contributed by atoms with Crippen molar-refractivity contribution < 1.29 is 24.2 Å². The van der Waals surface area contributed by atoms with Crippen LogP contribution in [0.15, 0.2) is 22.7 Å². The van der Waals surface area contributed by atoms with Gasteiger partial charge in [-0.05, 0) is 18.2 Å². The number of ether oxygens (including phenoxy) is 1. The van der Waals surface area contributed by atoms with Crippen molar-refractivity contribution in [2.45, 2.75) is 12.8 Å². The van der Waals surface area contributed by atoms with E-state index < -0.39 is 17.8 Å². The molecule has 1 aromatic rings. The zero-order valence-electron chi connectivity index (χ0n) is 10.1. The summed E-state index contributed by atoms with van der Waals surface area (Å²) in [4.78, 5) is 33.5. The van der Waals surface area contributed by atoms with E-state index in [2.05, 4.69) is 26.0 Å². The van der Waals surface area contributed by atoms with Crippen LogP contribution in [0, 0.1) is 0 Å². The predicted octanol–water partition coefficient (Wildman–Crippen LogP) is 2.04. The van der Waals surface area contributed by atoms with Crippen LogP contribution < -0.4 is 5.32 Å². The first kappa shape index (κ1) is 15.2. The molecule has 0 spiro atoms. The molecule has 1 rings (SSSR count). The number of benzene rings is 1. The minimum Gasteiger partial charge on any atom is -0.478 e. The molecular formula is C12H12BrNO5. The molecule has 6 nitrogen and oxygen atoms in total. The van der Waals surface area contributed by atoms with Crippen molar-refractivity contribution >= 4 is 39.5 Å². The van der Waals surface area contributed by atoms with Crippen molar-refractivity contribution in [2.75, 3.05) is 12.4 Å². The van der Waals surface area contributed by atoms with Gasteiger partial charge in [0.05, 0.1) is 24.8 Å². The quantitative estimate of drug-likeness (QED) is 0.806. The highest BCUT2D eigenvalue weighted by molar-refractivity contribution is 9.10. The fourth-order valence-electron chi connectivity index (χ4n) is 1.33. The third kappa shape index (κ3) is 4.70. The molecule has 1 amide bonds. The average Bonchev–Trinajstić information content (AvgIpc) is 2.37. The van der Waals surface area contributed by atoms with E-state index in [1.165, 1.54) is 19.2 Å². The smallest absolute Gasteiger partial charge is 0.337 e. The van der Waals surface area contributed by atoms with Crippen molar-refractivity contribution in [1.82, 2.24) is 0 Å². The Hall–Kier alpha value is -1.89. The van der Waals surface area contributed by atoms with Crippen LogP contribution in [0.4, 0.5) is 5.69 Å². The van der Waals surface area contributed by atoms with Crippen molar-refractivity contribution in [1.29, 1.82) is 0 Å². The Morgan fingerprint density at radius 1 is 1.32 bits per heavy atom. The van der Waals surface area contributed by atoms with Gasteiger partial charge in [-0.25, -0.2) is 4.79 Å². The topological polar surface area (TPSA) is 92.7 Å². The maximum absolute atomic E-state index is 11.6. The summed E-state index contributed by atoms with van der Waals surface area (Å²) in [6.07, 6.45) is -0.122. The highest BCUT2D eigenvalue weighted by atomic mass is 79.9. The Balaban J connectivity index is 2.74. The molecule has 7 heteroatoms. The third-order valence-corrected chi connectivity index (χ3v) is 2.76. The number of anilines is 1. The number of hydrogen-bond donors (Lipinski definition) is 2. The number of nitrogens with one attached hydrogen (secondary N) is 1. The summed E-state index contributed by atoms with van der Waals surface area (Å²) in [6, 6.07) is 4.48. The number of carbonyl (C=O) groups is 3. The highest BCUT2D eigenvalue weighted by Gasteiger charge is 2.13. The van der Waals surface area contributed by atoms with Crippen LogP contribution in [0.5, 0.6) is 0 Å². The first-order chi connectivity index (χ1) is 8.93. The van der Waals surface area contributed by atoms with Crippen LogP contribution in [0.2, 0.25) is 0 Å². The van der Waals surface area contributed by atoms with Crippen LogP contribution in [0.3, 0.4) is 0 Å². The van der Waals surface area contributed by atoms with Gasteiger partial charge >= 0.3 is 11.9 Å². The van der Waals surface area contributed by atoms with E-state index >= 15 is 0 Å². The number of halogens is 1. The molecule has 0 fully saturated rings. The molecule has 0 atom stereocenters. The molecule has 1 aromatic carbocycles. The van der Waals surface area contributed by atoms with Gasteiger partial charge in [0.1, 0.15) is 0 Å². The van der Waals surface area contributed by atoms with Crippen LogP contribution in [0.1, 0.15) is 23.2 Å². The van der Waals surface area contributed by atoms with Crippen LogP contribution in [-0.2, 0) is 14.3 Å². The zero-order valence-corrected chi connectivity index (χ0v) is 11.7. The van der Waals surface area contributed by atoms with Crippen LogP contribution in [0.25, 0.3) is 0 Å². The summed E-state index contributed by atoms with van der Waals surface area (Å²) in [6.45, 7) is 0. The molecule has 19 heavy (non-hydrogen) atoms. The van der Waals surface area contributed by atoms with E-state index in [9.17, 15) is 14.4 Å². The number of carbonyl (C=O) groups excluding carboxylic acids is 2. The lowest BCUT2D eigenvalue weighted by Gasteiger charge is -2.08. The van der Waals surface area contributed by atoms with Crippen molar-refractivity contribution in [3.8, 4) is 0 Å². The lowest BCUT2D eigenvalue weighted by atomic mass is 10.1. The number of amides is 1. The Morgan fingerprint density at radius 3 is 2.58 bits per heavy atom. The van der Waals surface area contributed by atoms with E-state index in [-0.39, 0.29) is 24.1 Å². The van der Waals surface area contributed by atoms with Gasteiger partial charge in [0, 0.05) is 10.9 Å². The SMILES string of the molecule is COC(=O)CCC(=O)Nc1ccc(Br)cc1C(=O)O. The average molecular weight is 330 g/mol. The monoisotopic (exact) mass is 329 g/mol. The first-order valence-corrected chi connectivity index (χ1v) is 6.13. The molecular weight excluding hydrogens is 318 g/mol. The van der Waals surface area contributed by atoms with Gasteiger partial charge in [0.2, 0.25) is 5.91 Å². The number of rotatable bonds is 5. The molecule has 0 bridgehead atoms. The molecule has 0 aliphatic carbocycles. The molecule has 0 aliphatic rings. The van der Waals surface area contributed by atoms with Gasteiger partial charge in [-0.1, -0.05) is 15.9 Å². The summed E-state index contributed by atoms with van der Waals surface area (Å²) in [5.74, 6) is -2.09. The van der Waals surface area contributed by atoms with E-state index in [1.54, 1.807) is 6.07 Å². The van der Waals surface area contributed by atoms with Gasteiger partial charge in [-0.3, -0.25) is 9.59 Å². The lowest BCUT2D eigenvalue weighted by Crippen LogP contribution is -2.16. The summed E-state index contributed by atoms with van der Waals surface area (Å²) in [5.41, 5.74) is 0.159. The zero-order chi connectivity index (χ0) is 14.4. The number of carboxylic acid groups (broad SMARTS) is 1. The summed E-state index contributed by atoms with van der Waals surface area (Å²) < 4.78 is 5.00. The van der Waals surface area contributed by atoms with E-state index in [0.29, 0.717) is 4.47 Å². The molecule has 0 aromatic heterocycles. The molecule has 0 unspecified atom stereocenters. The maximum atomic E-state index is 11.6. The largest absolute Gasteiger partial charge is 0.478 e. The fraction of sp³-hybridized carbons (Fsp3) is 0.250. The second-order valence-electron chi connectivity index (χ2n) is 3.62. The summed E-state index contributed by atoms with van der Waals surface area (Å²) in [7, 11) is 1.23. The number of methoxy groups -OCH3 is 1. The third-order valence-electron chi connectivity index (χ3n) is 2.27. The fourth-order valence-corrected chi connectivity index (χ4v) is 1.69. The number of carboxylic acids is 1. The predicted molar refractivity (Wildman–Crippen MR) is 71.0 cm³/mol. The molecule has 102 valence electrons. The molecule has 2 N–H and O–H groups in total. The van der Waals surface area contributed by atoms with Gasteiger partial charge in [-0.15, -0.1) is 0 Å². The highest BCUT2D eigenvalue weighted by Crippen LogP contribution is 2.21. The molecule has 0 radical (unpaired) electrons. The minimum absolute atomic E-state index is 0.0270. The Kier molecular flexibility index (Phi) is 5.50. The second kappa shape index (κ2) is 6.89. The van der Waals surface area contributed by atoms with Gasteiger partial charge in [-0.2, -0.15) is 0 Å². The Labute approximate surface area is 117 Å². The standard InChI is InChI=1S/C12H12BrNO5/c1-19-11(16)5-4-10(15)14-9-3-2-7(13)6-8(9)12(17)18/h2-3,6H,4-5H2,1H3,(H,14,15)(H,17,18). The number of esters is 1. The van der Waals surface area contributed by atoms with Crippen molar-refractivity contribution in [2.24, 2.45) is 0 Å². The van der Waals surface area contributed by atoms with Gasteiger partial charge in [0.25, 0.3) is 0 Å². The Bertz CT molecular complexity index is 515. The molecule has 0 aliphatic heterocycles. The maximum Gasteiger partial charge on any atom is 0.337 e. The van der Waals surface area contributed by atoms with E-state index in [4.69, 9.17) is 5.11 Å². The van der Waals surface area contributed by atoms with Crippen molar-refractivity contribution in [3.05, 3.63) is 28.2 Å². The molecule has 0 saturated carbocycles. The van der Waals surface area contributed by atoms with Gasteiger partial charge in [0.15, 0.2) is 0 Å². The molecule has 0 saturated heterocycles. The minimum atomic E-state index is -1.15. The Morgan fingerprint density at radius 2 is 2.00 bits per heavy atom. The number of hydrogen-bond acceptors (Lipinski definition) is 4. The molecule has 0 heterocycles. The van der Waals surface area contributed by atoms with Gasteiger partial charge < -0.3 is 15.2 Å². The van der Waals surface area contributed by atoms with Crippen LogP contribution >= 0.6 is 15.9 Å². The van der Waals surface area contributed by atoms with Crippen molar-refractivity contribution in [3.63, 3.8) is 0 Å².